The second-order valence-electron chi connectivity index (χ2n) is 6.63. The van der Waals surface area contributed by atoms with E-state index in [1.807, 2.05) is 24.4 Å². The van der Waals surface area contributed by atoms with E-state index in [1.54, 1.807) is 18.6 Å². The van der Waals surface area contributed by atoms with Crippen molar-refractivity contribution in [3.05, 3.63) is 54.2 Å². The number of imidazole rings is 1. The summed E-state index contributed by atoms with van der Waals surface area (Å²) in [7, 11) is 0. The molecule has 1 fully saturated rings. The third-order valence-corrected chi connectivity index (χ3v) is 5.37. The van der Waals surface area contributed by atoms with Crippen molar-refractivity contribution in [2.24, 2.45) is 0 Å². The van der Waals surface area contributed by atoms with E-state index in [0.29, 0.717) is 11.5 Å². The summed E-state index contributed by atoms with van der Waals surface area (Å²) in [5.74, 6) is 1.30. The SMILES string of the molecule is O=S([O-])Cc1cncc(-c2ccnc(-c3ncc(C4CCCC4)[nH]3)c2)c1. The van der Waals surface area contributed by atoms with Gasteiger partial charge in [0.15, 0.2) is 5.82 Å². The van der Waals surface area contributed by atoms with Crippen LogP contribution in [0.3, 0.4) is 0 Å². The van der Waals surface area contributed by atoms with Crippen LogP contribution in [0.1, 0.15) is 42.9 Å². The van der Waals surface area contributed by atoms with Crippen molar-refractivity contribution in [2.75, 3.05) is 0 Å². The molecule has 3 aromatic heterocycles. The maximum Gasteiger partial charge on any atom is 0.156 e. The molecule has 0 spiro atoms. The number of hydrogen-bond acceptors (Lipinski definition) is 5. The first-order chi connectivity index (χ1) is 12.7. The van der Waals surface area contributed by atoms with Crippen LogP contribution < -0.4 is 0 Å². The molecule has 0 bridgehead atoms. The monoisotopic (exact) mass is 367 g/mol. The van der Waals surface area contributed by atoms with Gasteiger partial charge in [0.1, 0.15) is 5.69 Å². The van der Waals surface area contributed by atoms with Crippen LogP contribution in [0.2, 0.25) is 0 Å². The average molecular weight is 367 g/mol. The second kappa shape index (κ2) is 7.47. The summed E-state index contributed by atoms with van der Waals surface area (Å²) in [4.78, 5) is 16.5. The zero-order valence-electron chi connectivity index (χ0n) is 14.2. The number of aromatic amines is 1. The Morgan fingerprint density at radius 3 is 2.77 bits per heavy atom. The maximum absolute atomic E-state index is 10.9. The minimum atomic E-state index is -2.13. The predicted octanol–water partition coefficient (Wildman–Crippen LogP) is 3.57. The van der Waals surface area contributed by atoms with Gasteiger partial charge in [-0.3, -0.25) is 14.2 Å². The highest BCUT2D eigenvalue weighted by Gasteiger charge is 2.19. The standard InChI is InChI=1S/C19H20N4O2S/c24-26(25)12-13-7-16(10-20-9-13)15-5-6-21-17(8-15)19-22-11-18(23-19)14-3-1-2-4-14/h5-11,14H,1-4,12H2,(H,22,23)(H,24,25)/p-1. The number of rotatable bonds is 5. The second-order valence-corrected chi connectivity index (χ2v) is 7.52. The molecular formula is C19H19N4O2S-. The van der Waals surface area contributed by atoms with Gasteiger partial charge in [0.2, 0.25) is 0 Å². The topological polar surface area (TPSA) is 94.6 Å². The lowest BCUT2D eigenvalue weighted by molar-refractivity contribution is 0.536. The Morgan fingerprint density at radius 1 is 1.12 bits per heavy atom. The predicted molar refractivity (Wildman–Crippen MR) is 98.9 cm³/mol. The number of nitrogens with zero attached hydrogens (tertiary/aromatic N) is 3. The summed E-state index contributed by atoms with van der Waals surface area (Å²) < 4.78 is 21.8. The summed E-state index contributed by atoms with van der Waals surface area (Å²) >= 11 is -2.13. The van der Waals surface area contributed by atoms with Gasteiger partial charge in [-0.05, 0) is 42.2 Å². The van der Waals surface area contributed by atoms with Crippen molar-refractivity contribution in [1.29, 1.82) is 0 Å². The summed E-state index contributed by atoms with van der Waals surface area (Å²) in [5, 5.41) is 0. The number of aromatic nitrogens is 4. The molecule has 0 saturated heterocycles. The van der Waals surface area contributed by atoms with Crippen LogP contribution in [-0.2, 0) is 16.8 Å². The van der Waals surface area contributed by atoms with Gasteiger partial charge in [-0.25, -0.2) is 4.98 Å². The van der Waals surface area contributed by atoms with Crippen molar-refractivity contribution in [3.63, 3.8) is 0 Å². The van der Waals surface area contributed by atoms with Crippen LogP contribution >= 0.6 is 0 Å². The normalized spacial score (nSPS) is 16.0. The minimum Gasteiger partial charge on any atom is -0.772 e. The zero-order valence-corrected chi connectivity index (χ0v) is 15.0. The van der Waals surface area contributed by atoms with E-state index in [0.717, 1.165) is 22.6 Å². The Kier molecular flexibility index (Phi) is 4.90. The van der Waals surface area contributed by atoms with E-state index < -0.39 is 11.1 Å². The highest BCUT2D eigenvalue weighted by molar-refractivity contribution is 7.78. The highest BCUT2D eigenvalue weighted by atomic mass is 32.2. The van der Waals surface area contributed by atoms with E-state index in [4.69, 9.17) is 0 Å². The molecule has 3 heterocycles. The Morgan fingerprint density at radius 2 is 1.96 bits per heavy atom. The van der Waals surface area contributed by atoms with E-state index in [1.165, 1.54) is 31.4 Å². The van der Waals surface area contributed by atoms with E-state index >= 15 is 0 Å². The Labute approximate surface area is 154 Å². The molecule has 6 nitrogen and oxygen atoms in total. The Hall–Kier alpha value is -2.38. The quantitative estimate of drug-likeness (QED) is 0.696. The van der Waals surface area contributed by atoms with Crippen molar-refractivity contribution in [2.45, 2.75) is 37.4 Å². The van der Waals surface area contributed by atoms with Gasteiger partial charge in [-0.15, -0.1) is 0 Å². The van der Waals surface area contributed by atoms with Gasteiger partial charge in [0, 0.05) is 47.7 Å². The Bertz CT molecular complexity index is 935. The number of pyridine rings is 2. The van der Waals surface area contributed by atoms with Crippen LogP contribution in [0.5, 0.6) is 0 Å². The van der Waals surface area contributed by atoms with Gasteiger partial charge < -0.3 is 9.54 Å². The molecule has 1 aliphatic carbocycles. The molecule has 1 aliphatic rings. The first-order valence-electron chi connectivity index (χ1n) is 8.70. The molecule has 0 radical (unpaired) electrons. The van der Waals surface area contributed by atoms with Crippen LogP contribution in [0, 0.1) is 0 Å². The molecule has 1 N–H and O–H groups in total. The smallest absolute Gasteiger partial charge is 0.156 e. The summed E-state index contributed by atoms with van der Waals surface area (Å²) in [5.41, 5.74) is 4.41. The molecule has 1 unspecified atom stereocenters. The number of nitrogens with one attached hydrogen (secondary N) is 1. The molecule has 0 aromatic carbocycles. The van der Waals surface area contributed by atoms with Gasteiger partial charge >= 0.3 is 0 Å². The summed E-state index contributed by atoms with van der Waals surface area (Å²) in [6.07, 6.45) is 12.0. The first-order valence-corrected chi connectivity index (χ1v) is 9.95. The van der Waals surface area contributed by atoms with Gasteiger partial charge in [0.25, 0.3) is 0 Å². The zero-order chi connectivity index (χ0) is 17.9. The lowest BCUT2D eigenvalue weighted by Crippen LogP contribution is -1.95. The molecule has 3 aromatic rings. The van der Waals surface area contributed by atoms with Crippen molar-refractivity contribution < 1.29 is 8.76 Å². The summed E-state index contributed by atoms with van der Waals surface area (Å²) in [6.45, 7) is 0. The molecule has 26 heavy (non-hydrogen) atoms. The highest BCUT2D eigenvalue weighted by Crippen LogP contribution is 2.34. The third-order valence-electron chi connectivity index (χ3n) is 4.81. The largest absolute Gasteiger partial charge is 0.772 e. The fourth-order valence-electron chi connectivity index (χ4n) is 3.51. The third kappa shape index (κ3) is 3.73. The lowest BCUT2D eigenvalue weighted by Gasteiger charge is -2.08. The number of H-pyrrole nitrogens is 1. The van der Waals surface area contributed by atoms with E-state index in [2.05, 4.69) is 19.9 Å². The van der Waals surface area contributed by atoms with Crippen LogP contribution in [-0.4, -0.2) is 28.7 Å². The maximum atomic E-state index is 10.9. The molecule has 7 heteroatoms. The van der Waals surface area contributed by atoms with Gasteiger partial charge in [-0.1, -0.05) is 23.9 Å². The molecule has 1 saturated carbocycles. The average Bonchev–Trinajstić information content (AvgIpc) is 3.33. The lowest BCUT2D eigenvalue weighted by atomic mass is 10.1. The van der Waals surface area contributed by atoms with Gasteiger partial charge in [0.05, 0.1) is 0 Å². The fraction of sp³-hybridized carbons (Fsp3) is 0.316. The van der Waals surface area contributed by atoms with E-state index in [-0.39, 0.29) is 5.75 Å². The van der Waals surface area contributed by atoms with Crippen LogP contribution in [0.4, 0.5) is 0 Å². The molecule has 0 aliphatic heterocycles. The van der Waals surface area contributed by atoms with Crippen molar-refractivity contribution in [1.82, 2.24) is 19.9 Å². The molecule has 134 valence electrons. The molecule has 4 rings (SSSR count). The first kappa shape index (κ1) is 17.1. The minimum absolute atomic E-state index is 0.0400. The molecule has 1 atom stereocenters. The van der Waals surface area contributed by atoms with Crippen molar-refractivity contribution in [3.8, 4) is 22.6 Å². The van der Waals surface area contributed by atoms with Crippen LogP contribution in [0.15, 0.2) is 43.0 Å². The Balaban J connectivity index is 1.62. The van der Waals surface area contributed by atoms with Crippen LogP contribution in [0.25, 0.3) is 22.6 Å². The summed E-state index contributed by atoms with van der Waals surface area (Å²) in [6, 6.07) is 5.68. The van der Waals surface area contributed by atoms with Crippen molar-refractivity contribution >= 4 is 11.1 Å². The van der Waals surface area contributed by atoms with E-state index in [9.17, 15) is 8.76 Å². The molecule has 0 amide bonds. The number of hydrogen-bond donors (Lipinski definition) is 1. The van der Waals surface area contributed by atoms with Gasteiger partial charge in [-0.2, -0.15) is 0 Å². The molecular weight excluding hydrogens is 348 g/mol. The fourth-order valence-corrected chi connectivity index (χ4v) is 3.94.